The summed E-state index contributed by atoms with van der Waals surface area (Å²) < 4.78 is 5.11. The Labute approximate surface area is 137 Å². The lowest BCUT2D eigenvalue weighted by molar-refractivity contribution is -0.131. The van der Waals surface area contributed by atoms with Gasteiger partial charge < -0.3 is 19.9 Å². The molecule has 1 aromatic rings. The zero-order valence-corrected chi connectivity index (χ0v) is 14.0. The molecule has 1 heterocycles. The third-order valence-electron chi connectivity index (χ3n) is 3.85. The van der Waals surface area contributed by atoms with Gasteiger partial charge in [-0.05, 0) is 31.5 Å². The van der Waals surface area contributed by atoms with E-state index in [1.165, 1.54) is 0 Å². The van der Waals surface area contributed by atoms with Crippen LogP contribution in [0.2, 0.25) is 0 Å². The molecule has 1 saturated heterocycles. The molecular weight excluding hydrogens is 294 g/mol. The van der Waals surface area contributed by atoms with Crippen LogP contribution in [0, 0.1) is 0 Å². The summed E-state index contributed by atoms with van der Waals surface area (Å²) in [6.07, 6.45) is 0.377. The maximum Gasteiger partial charge on any atom is 0.317 e. The molecule has 2 rings (SSSR count). The first-order valence-corrected chi connectivity index (χ1v) is 7.95. The van der Waals surface area contributed by atoms with Gasteiger partial charge in [-0.25, -0.2) is 4.79 Å². The molecule has 126 valence electrons. The topological polar surface area (TPSA) is 61.9 Å². The lowest BCUT2D eigenvalue weighted by atomic mass is 10.1. The van der Waals surface area contributed by atoms with Crippen molar-refractivity contribution in [3.05, 3.63) is 29.8 Å². The van der Waals surface area contributed by atoms with Crippen molar-refractivity contribution in [3.8, 4) is 5.75 Å². The highest BCUT2D eigenvalue weighted by Crippen LogP contribution is 2.13. The molecule has 0 radical (unpaired) electrons. The first kappa shape index (κ1) is 17.1. The minimum absolute atomic E-state index is 0.0535. The molecule has 0 atom stereocenters. The molecule has 6 nitrogen and oxygen atoms in total. The van der Waals surface area contributed by atoms with Crippen molar-refractivity contribution in [1.29, 1.82) is 0 Å². The Hall–Kier alpha value is -2.24. The van der Waals surface area contributed by atoms with Crippen molar-refractivity contribution in [3.63, 3.8) is 0 Å². The van der Waals surface area contributed by atoms with E-state index in [1.807, 2.05) is 43.0 Å². The van der Waals surface area contributed by atoms with Crippen LogP contribution in [0.4, 0.5) is 4.79 Å². The fourth-order valence-corrected chi connectivity index (χ4v) is 2.53. The van der Waals surface area contributed by atoms with Gasteiger partial charge in [-0.15, -0.1) is 0 Å². The third-order valence-corrected chi connectivity index (χ3v) is 3.85. The number of ether oxygens (including phenoxy) is 1. The van der Waals surface area contributed by atoms with Crippen LogP contribution in [0.3, 0.4) is 0 Å². The summed E-state index contributed by atoms with van der Waals surface area (Å²) in [5, 5.41) is 2.88. The molecule has 0 aromatic heterocycles. The number of piperazine rings is 1. The normalized spacial score (nSPS) is 14.8. The molecule has 23 heavy (non-hydrogen) atoms. The monoisotopic (exact) mass is 319 g/mol. The van der Waals surface area contributed by atoms with E-state index in [9.17, 15) is 9.59 Å². The molecule has 1 aromatic carbocycles. The first-order valence-electron chi connectivity index (χ1n) is 7.95. The number of carbonyl (C=O) groups excluding carboxylic acids is 2. The lowest BCUT2D eigenvalue weighted by Gasteiger charge is -2.35. The summed E-state index contributed by atoms with van der Waals surface area (Å²) >= 11 is 0. The van der Waals surface area contributed by atoms with E-state index in [4.69, 9.17) is 4.74 Å². The second-order valence-electron chi connectivity index (χ2n) is 6.00. The zero-order valence-electron chi connectivity index (χ0n) is 14.0. The van der Waals surface area contributed by atoms with Gasteiger partial charge in [0.25, 0.3) is 0 Å². The van der Waals surface area contributed by atoms with Gasteiger partial charge in [-0.1, -0.05) is 12.1 Å². The van der Waals surface area contributed by atoms with Crippen molar-refractivity contribution in [2.24, 2.45) is 0 Å². The van der Waals surface area contributed by atoms with E-state index in [2.05, 4.69) is 5.32 Å². The van der Waals surface area contributed by atoms with E-state index in [1.54, 1.807) is 12.0 Å². The summed E-state index contributed by atoms with van der Waals surface area (Å²) in [4.78, 5) is 27.9. The van der Waals surface area contributed by atoms with Crippen LogP contribution in [0.15, 0.2) is 24.3 Å². The summed E-state index contributed by atoms with van der Waals surface area (Å²) in [5.41, 5.74) is 0.968. The van der Waals surface area contributed by atoms with Crippen LogP contribution in [0.25, 0.3) is 0 Å². The van der Waals surface area contributed by atoms with E-state index < -0.39 is 0 Å². The van der Waals surface area contributed by atoms with Crippen LogP contribution >= 0.6 is 0 Å². The Bertz CT molecular complexity index is 535. The number of urea groups is 1. The van der Waals surface area contributed by atoms with Crippen LogP contribution in [-0.2, 0) is 11.2 Å². The third kappa shape index (κ3) is 4.87. The molecule has 1 aliphatic heterocycles. The Kier molecular flexibility index (Phi) is 5.84. The molecule has 0 spiro atoms. The average Bonchev–Trinajstić information content (AvgIpc) is 2.55. The quantitative estimate of drug-likeness (QED) is 0.915. The number of benzene rings is 1. The van der Waals surface area contributed by atoms with Gasteiger partial charge in [-0.3, -0.25) is 4.79 Å². The molecule has 3 amide bonds. The molecule has 1 N–H and O–H groups in total. The van der Waals surface area contributed by atoms with E-state index >= 15 is 0 Å². The van der Waals surface area contributed by atoms with E-state index in [0.717, 1.165) is 11.3 Å². The highest BCUT2D eigenvalue weighted by molar-refractivity contribution is 5.79. The van der Waals surface area contributed by atoms with Crippen molar-refractivity contribution in [1.82, 2.24) is 15.1 Å². The SMILES string of the molecule is COc1ccc(CC(=O)N2CCN(C(=O)NC(C)C)CC2)cc1. The molecule has 1 fully saturated rings. The van der Waals surface area contributed by atoms with Crippen molar-refractivity contribution in [2.75, 3.05) is 33.3 Å². The number of carbonyl (C=O) groups is 2. The van der Waals surface area contributed by atoms with E-state index in [-0.39, 0.29) is 18.0 Å². The van der Waals surface area contributed by atoms with Crippen LogP contribution in [-0.4, -0.2) is 61.1 Å². The molecular formula is C17H25N3O3. The number of nitrogens with one attached hydrogen (secondary N) is 1. The Morgan fingerprint density at radius 1 is 1.09 bits per heavy atom. The summed E-state index contributed by atoms with van der Waals surface area (Å²) in [6, 6.07) is 7.60. The highest BCUT2D eigenvalue weighted by atomic mass is 16.5. The van der Waals surface area contributed by atoms with Gasteiger partial charge in [0.2, 0.25) is 5.91 Å². The molecule has 0 unspecified atom stereocenters. The Morgan fingerprint density at radius 2 is 1.65 bits per heavy atom. The molecule has 0 bridgehead atoms. The maximum atomic E-state index is 12.4. The molecule has 0 aliphatic carbocycles. The average molecular weight is 319 g/mol. The second-order valence-corrected chi connectivity index (χ2v) is 6.00. The fourth-order valence-electron chi connectivity index (χ4n) is 2.53. The van der Waals surface area contributed by atoms with Crippen LogP contribution in [0.1, 0.15) is 19.4 Å². The van der Waals surface area contributed by atoms with Crippen molar-refractivity contribution in [2.45, 2.75) is 26.3 Å². The van der Waals surface area contributed by atoms with Gasteiger partial charge in [-0.2, -0.15) is 0 Å². The van der Waals surface area contributed by atoms with Crippen molar-refractivity contribution < 1.29 is 14.3 Å². The number of nitrogens with zero attached hydrogens (tertiary/aromatic N) is 2. The Balaban J connectivity index is 1.82. The van der Waals surface area contributed by atoms with Gasteiger partial charge in [0, 0.05) is 32.2 Å². The smallest absolute Gasteiger partial charge is 0.317 e. The zero-order chi connectivity index (χ0) is 16.8. The number of rotatable bonds is 4. The summed E-state index contributed by atoms with van der Waals surface area (Å²) in [6.45, 7) is 6.19. The van der Waals surface area contributed by atoms with Gasteiger partial charge in [0.05, 0.1) is 13.5 Å². The number of methoxy groups -OCH3 is 1. The lowest BCUT2D eigenvalue weighted by Crippen LogP contribution is -2.54. The number of hydrogen-bond donors (Lipinski definition) is 1. The Morgan fingerprint density at radius 3 is 2.17 bits per heavy atom. The molecule has 0 saturated carbocycles. The van der Waals surface area contributed by atoms with Gasteiger partial charge in [0.15, 0.2) is 0 Å². The predicted molar refractivity (Wildman–Crippen MR) is 88.5 cm³/mol. The first-order chi connectivity index (χ1) is 11.0. The maximum absolute atomic E-state index is 12.4. The standard InChI is InChI=1S/C17H25N3O3/c1-13(2)18-17(22)20-10-8-19(9-11-20)16(21)12-14-4-6-15(23-3)7-5-14/h4-7,13H,8-12H2,1-3H3,(H,18,22). The predicted octanol–water partition coefficient (Wildman–Crippen LogP) is 1.50. The fraction of sp³-hybridized carbons (Fsp3) is 0.529. The minimum atomic E-state index is -0.0535. The van der Waals surface area contributed by atoms with Gasteiger partial charge in [0.1, 0.15) is 5.75 Å². The minimum Gasteiger partial charge on any atom is -0.497 e. The van der Waals surface area contributed by atoms with Crippen LogP contribution < -0.4 is 10.1 Å². The molecule has 1 aliphatic rings. The highest BCUT2D eigenvalue weighted by Gasteiger charge is 2.24. The summed E-state index contributed by atoms with van der Waals surface area (Å²) in [5.74, 6) is 0.880. The van der Waals surface area contributed by atoms with Gasteiger partial charge >= 0.3 is 6.03 Å². The largest absolute Gasteiger partial charge is 0.497 e. The second kappa shape index (κ2) is 7.85. The van der Waals surface area contributed by atoms with Crippen LogP contribution in [0.5, 0.6) is 5.75 Å². The number of hydrogen-bond acceptors (Lipinski definition) is 3. The van der Waals surface area contributed by atoms with E-state index in [0.29, 0.717) is 32.6 Å². The van der Waals surface area contributed by atoms with Crippen molar-refractivity contribution >= 4 is 11.9 Å². The summed E-state index contributed by atoms with van der Waals surface area (Å²) in [7, 11) is 1.62. The number of amides is 3. The molecule has 6 heteroatoms.